The number of hydrogen-bond donors (Lipinski definition) is 2. The van der Waals surface area contributed by atoms with Gasteiger partial charge in [-0.3, -0.25) is 0 Å². The van der Waals surface area contributed by atoms with Crippen molar-refractivity contribution >= 4 is 12.6 Å². The normalized spacial score (nSPS) is 12.4. The van der Waals surface area contributed by atoms with Crippen LogP contribution in [0.1, 0.15) is 27.7 Å². The average Bonchev–Trinajstić information content (AvgIpc) is 2.27. The lowest BCUT2D eigenvalue weighted by Gasteiger charge is -2.38. The van der Waals surface area contributed by atoms with E-state index in [1.54, 1.807) is 59.1 Å². The SMILES string of the molecule is COc1ccc(B(O)OC(C)(C)C(C)(C)O)cc1. The molecule has 0 saturated heterocycles. The fourth-order valence-corrected chi connectivity index (χ4v) is 1.26. The highest BCUT2D eigenvalue weighted by atomic mass is 16.5. The Balaban J connectivity index is 2.78. The van der Waals surface area contributed by atoms with Gasteiger partial charge in [0.05, 0.1) is 18.3 Å². The average molecular weight is 252 g/mol. The van der Waals surface area contributed by atoms with Crippen molar-refractivity contribution in [1.82, 2.24) is 0 Å². The van der Waals surface area contributed by atoms with Crippen LogP contribution in [0.15, 0.2) is 24.3 Å². The van der Waals surface area contributed by atoms with Gasteiger partial charge in [-0.25, -0.2) is 0 Å². The molecule has 0 radical (unpaired) electrons. The van der Waals surface area contributed by atoms with Gasteiger partial charge in [-0.05, 0) is 45.3 Å². The van der Waals surface area contributed by atoms with Crippen LogP contribution in [0.25, 0.3) is 0 Å². The van der Waals surface area contributed by atoms with Crippen molar-refractivity contribution in [3.8, 4) is 5.75 Å². The van der Waals surface area contributed by atoms with Crippen LogP contribution in [-0.4, -0.2) is 35.6 Å². The number of benzene rings is 1. The highest BCUT2D eigenvalue weighted by molar-refractivity contribution is 6.60. The molecule has 2 N–H and O–H groups in total. The van der Waals surface area contributed by atoms with Gasteiger partial charge in [0.25, 0.3) is 0 Å². The molecule has 0 aliphatic heterocycles. The Kier molecular flexibility index (Phi) is 4.43. The Hall–Kier alpha value is -1.04. The Morgan fingerprint density at radius 2 is 1.56 bits per heavy atom. The first-order chi connectivity index (χ1) is 8.17. The molecule has 1 rings (SSSR count). The summed E-state index contributed by atoms with van der Waals surface area (Å²) in [6, 6.07) is 6.95. The van der Waals surface area contributed by atoms with E-state index in [1.807, 2.05) is 0 Å². The summed E-state index contributed by atoms with van der Waals surface area (Å²) in [4.78, 5) is 0. The molecule has 0 saturated carbocycles. The zero-order valence-electron chi connectivity index (χ0n) is 11.6. The molecule has 0 aliphatic carbocycles. The summed E-state index contributed by atoms with van der Waals surface area (Å²) in [6.07, 6.45) is 0. The second kappa shape index (κ2) is 5.30. The van der Waals surface area contributed by atoms with Gasteiger partial charge in [0.2, 0.25) is 0 Å². The molecule has 18 heavy (non-hydrogen) atoms. The van der Waals surface area contributed by atoms with Crippen molar-refractivity contribution < 1.29 is 19.5 Å². The van der Waals surface area contributed by atoms with Crippen LogP contribution in [0.2, 0.25) is 0 Å². The van der Waals surface area contributed by atoms with Crippen LogP contribution < -0.4 is 10.2 Å². The number of rotatable bonds is 5. The molecule has 0 fully saturated rings. The first kappa shape index (κ1) is 15.0. The van der Waals surface area contributed by atoms with Crippen LogP contribution in [-0.2, 0) is 4.65 Å². The van der Waals surface area contributed by atoms with Crippen molar-refractivity contribution in [3.63, 3.8) is 0 Å². The van der Waals surface area contributed by atoms with Gasteiger partial charge >= 0.3 is 7.12 Å². The third-order valence-electron chi connectivity index (χ3n) is 3.28. The largest absolute Gasteiger partial charge is 0.497 e. The predicted octanol–water partition coefficient (Wildman–Crippen LogP) is 0.949. The van der Waals surface area contributed by atoms with Crippen molar-refractivity contribution in [2.75, 3.05) is 7.11 Å². The smallest absolute Gasteiger partial charge is 0.491 e. The van der Waals surface area contributed by atoms with E-state index in [-0.39, 0.29) is 0 Å². The van der Waals surface area contributed by atoms with Gasteiger partial charge in [0.1, 0.15) is 5.75 Å². The van der Waals surface area contributed by atoms with Crippen LogP contribution >= 0.6 is 0 Å². The summed E-state index contributed by atoms with van der Waals surface area (Å²) in [7, 11) is 0.497. The maximum Gasteiger partial charge on any atom is 0.491 e. The minimum absolute atomic E-state index is 0.619. The summed E-state index contributed by atoms with van der Waals surface area (Å²) in [5, 5.41) is 20.0. The van der Waals surface area contributed by atoms with Crippen LogP contribution in [0.5, 0.6) is 5.75 Å². The standard InChI is InChI=1S/C13H21BO4/c1-12(2,15)13(3,4)18-14(16)10-6-8-11(17-5)9-7-10/h6-9,15-16H,1-5H3. The lowest BCUT2D eigenvalue weighted by molar-refractivity contribution is -0.0982. The van der Waals surface area contributed by atoms with Gasteiger partial charge in [-0.15, -0.1) is 0 Å². The summed E-state index contributed by atoms with van der Waals surface area (Å²) >= 11 is 0. The molecule has 0 aliphatic rings. The van der Waals surface area contributed by atoms with E-state index in [1.165, 1.54) is 0 Å². The summed E-state index contributed by atoms with van der Waals surface area (Å²) in [5.41, 5.74) is -1.31. The maximum absolute atomic E-state index is 10.0. The van der Waals surface area contributed by atoms with E-state index in [0.29, 0.717) is 11.2 Å². The van der Waals surface area contributed by atoms with E-state index in [2.05, 4.69) is 0 Å². The molecule has 4 nitrogen and oxygen atoms in total. The van der Waals surface area contributed by atoms with Gasteiger partial charge in [-0.1, -0.05) is 12.1 Å². The van der Waals surface area contributed by atoms with E-state index in [4.69, 9.17) is 9.39 Å². The molecule has 100 valence electrons. The van der Waals surface area contributed by atoms with E-state index >= 15 is 0 Å². The predicted molar refractivity (Wildman–Crippen MR) is 72.1 cm³/mol. The highest BCUT2D eigenvalue weighted by Gasteiger charge is 2.39. The van der Waals surface area contributed by atoms with Crippen LogP contribution in [0.4, 0.5) is 0 Å². The Morgan fingerprint density at radius 3 is 1.94 bits per heavy atom. The lowest BCUT2D eigenvalue weighted by Crippen LogP contribution is -2.53. The molecule has 0 aromatic heterocycles. The molecule has 0 atom stereocenters. The molecule has 1 aromatic carbocycles. The zero-order chi connectivity index (χ0) is 14.0. The van der Waals surface area contributed by atoms with Crippen molar-refractivity contribution in [2.24, 2.45) is 0 Å². The van der Waals surface area contributed by atoms with Gasteiger partial charge in [-0.2, -0.15) is 0 Å². The Labute approximate surface area is 109 Å². The third kappa shape index (κ3) is 3.48. The maximum atomic E-state index is 10.0. The fourth-order valence-electron chi connectivity index (χ4n) is 1.26. The number of methoxy groups -OCH3 is 1. The molecule has 5 heteroatoms. The van der Waals surface area contributed by atoms with E-state index in [9.17, 15) is 10.1 Å². The van der Waals surface area contributed by atoms with Gasteiger partial charge in [0.15, 0.2) is 0 Å². The minimum Gasteiger partial charge on any atom is -0.497 e. The third-order valence-corrected chi connectivity index (χ3v) is 3.28. The van der Waals surface area contributed by atoms with Crippen LogP contribution in [0, 0.1) is 0 Å². The minimum atomic E-state index is -1.09. The summed E-state index contributed by atoms with van der Waals surface area (Å²) < 4.78 is 10.6. The highest BCUT2D eigenvalue weighted by Crippen LogP contribution is 2.25. The van der Waals surface area contributed by atoms with Crippen molar-refractivity contribution in [2.45, 2.75) is 38.9 Å². The second-order valence-electron chi connectivity index (χ2n) is 5.31. The van der Waals surface area contributed by atoms with E-state index < -0.39 is 18.3 Å². The second-order valence-corrected chi connectivity index (χ2v) is 5.31. The quantitative estimate of drug-likeness (QED) is 0.766. The van der Waals surface area contributed by atoms with Crippen LogP contribution in [0.3, 0.4) is 0 Å². The molecule has 0 bridgehead atoms. The Bertz CT molecular complexity index is 381. The van der Waals surface area contributed by atoms with E-state index in [0.717, 1.165) is 0 Å². The van der Waals surface area contributed by atoms with Gasteiger partial charge in [0, 0.05) is 0 Å². The first-order valence-electron chi connectivity index (χ1n) is 5.89. The van der Waals surface area contributed by atoms with Crippen molar-refractivity contribution in [1.29, 1.82) is 0 Å². The topological polar surface area (TPSA) is 58.9 Å². The molecule has 0 unspecified atom stereocenters. The molecular weight excluding hydrogens is 231 g/mol. The molecule has 0 amide bonds. The monoisotopic (exact) mass is 252 g/mol. The zero-order valence-corrected chi connectivity index (χ0v) is 11.6. The number of hydrogen-bond acceptors (Lipinski definition) is 4. The first-order valence-corrected chi connectivity index (χ1v) is 5.89. The molecular formula is C13H21BO4. The molecule has 0 spiro atoms. The van der Waals surface area contributed by atoms with Gasteiger partial charge < -0.3 is 19.5 Å². The fraction of sp³-hybridized carbons (Fsp3) is 0.538. The number of ether oxygens (including phenoxy) is 1. The molecule has 1 aromatic rings. The lowest BCUT2D eigenvalue weighted by atomic mass is 9.76. The summed E-state index contributed by atoms with van der Waals surface area (Å²) in [5.74, 6) is 0.715. The number of aliphatic hydroxyl groups is 1. The molecule has 0 heterocycles. The van der Waals surface area contributed by atoms with Crippen molar-refractivity contribution in [3.05, 3.63) is 24.3 Å². The Morgan fingerprint density at radius 1 is 1.06 bits per heavy atom. The summed E-state index contributed by atoms with van der Waals surface area (Å²) in [6.45, 7) is 6.76.